The second kappa shape index (κ2) is 7.24. The average Bonchev–Trinajstić information content (AvgIpc) is 2.32. The fourth-order valence-corrected chi connectivity index (χ4v) is 2.67. The summed E-state index contributed by atoms with van der Waals surface area (Å²) in [6.07, 6.45) is 1.03. The van der Waals surface area contributed by atoms with E-state index in [4.69, 9.17) is 4.74 Å². The number of nitrogens with one attached hydrogen (secondary N) is 1. The molecule has 0 saturated heterocycles. The minimum Gasteiger partial charge on any atom is -0.383 e. The fourth-order valence-electron chi connectivity index (χ4n) is 2.67. The van der Waals surface area contributed by atoms with E-state index in [1.54, 1.807) is 7.11 Å². The number of methoxy groups -OCH3 is 1. The van der Waals surface area contributed by atoms with Crippen LogP contribution in [0, 0.1) is 13.8 Å². The highest BCUT2D eigenvalue weighted by atomic mass is 16.5. The van der Waals surface area contributed by atoms with Crippen molar-refractivity contribution in [3.63, 3.8) is 0 Å². The molecular weight excluding hydrogens is 246 g/mol. The van der Waals surface area contributed by atoms with Crippen LogP contribution in [0.4, 0.5) is 0 Å². The third kappa shape index (κ3) is 4.60. The highest BCUT2D eigenvalue weighted by Crippen LogP contribution is 2.27. The van der Waals surface area contributed by atoms with Crippen molar-refractivity contribution in [2.45, 2.75) is 59.4 Å². The molecule has 1 rings (SSSR count). The molecule has 0 aromatic heterocycles. The topological polar surface area (TPSA) is 21.3 Å². The summed E-state index contributed by atoms with van der Waals surface area (Å²) in [7, 11) is 1.77. The quantitative estimate of drug-likeness (QED) is 0.854. The third-order valence-corrected chi connectivity index (χ3v) is 3.87. The molecule has 1 atom stereocenters. The van der Waals surface area contributed by atoms with Crippen molar-refractivity contribution in [2.75, 3.05) is 20.3 Å². The second-order valence-electron chi connectivity index (χ2n) is 6.75. The Labute approximate surface area is 124 Å². The molecule has 0 fully saturated rings. The van der Waals surface area contributed by atoms with E-state index in [1.807, 2.05) is 0 Å². The molecule has 0 bridgehead atoms. The van der Waals surface area contributed by atoms with Gasteiger partial charge >= 0.3 is 0 Å². The van der Waals surface area contributed by atoms with Gasteiger partial charge in [0.1, 0.15) is 0 Å². The van der Waals surface area contributed by atoms with Crippen molar-refractivity contribution in [2.24, 2.45) is 0 Å². The summed E-state index contributed by atoms with van der Waals surface area (Å²) in [6.45, 7) is 15.2. The Morgan fingerprint density at radius 2 is 1.70 bits per heavy atom. The predicted molar refractivity (Wildman–Crippen MR) is 87.7 cm³/mol. The molecule has 2 nitrogen and oxygen atoms in total. The maximum Gasteiger partial charge on any atom is 0.0619 e. The van der Waals surface area contributed by atoms with Crippen molar-refractivity contribution in [3.8, 4) is 0 Å². The predicted octanol–water partition coefficient (Wildman–Crippen LogP) is 3.77. The second-order valence-corrected chi connectivity index (χ2v) is 6.75. The number of ether oxygens (including phenoxy) is 1. The van der Waals surface area contributed by atoms with Crippen LogP contribution in [0.2, 0.25) is 0 Å². The molecule has 1 aromatic carbocycles. The molecule has 20 heavy (non-hydrogen) atoms. The van der Waals surface area contributed by atoms with Gasteiger partial charge in [-0.3, -0.25) is 0 Å². The van der Waals surface area contributed by atoms with Crippen LogP contribution in [0.1, 0.15) is 49.9 Å². The summed E-state index contributed by atoms with van der Waals surface area (Å²) in [5.41, 5.74) is 5.88. The zero-order valence-electron chi connectivity index (χ0n) is 14.3. The molecule has 0 amide bonds. The van der Waals surface area contributed by atoms with E-state index in [2.05, 4.69) is 59.0 Å². The Bertz CT molecular complexity index is 403. The molecule has 0 aliphatic heterocycles. The Balaban J connectivity index is 3.01. The van der Waals surface area contributed by atoms with Gasteiger partial charge in [0.2, 0.25) is 0 Å². The standard InChI is InChI=1S/C18H31NO/c1-8-19-16(12-20-7)11-17-13(2)9-15(10-14(17)3)18(4,5)6/h9-10,16,19H,8,11-12H2,1-7H3. The van der Waals surface area contributed by atoms with Gasteiger partial charge in [0, 0.05) is 13.2 Å². The Hall–Kier alpha value is -0.860. The molecule has 0 spiro atoms. The van der Waals surface area contributed by atoms with Crippen molar-refractivity contribution >= 4 is 0 Å². The summed E-state index contributed by atoms with van der Waals surface area (Å²) >= 11 is 0. The van der Waals surface area contributed by atoms with Crippen LogP contribution >= 0.6 is 0 Å². The number of benzene rings is 1. The minimum atomic E-state index is 0.210. The van der Waals surface area contributed by atoms with Crippen LogP contribution in [0.15, 0.2) is 12.1 Å². The van der Waals surface area contributed by atoms with Crippen molar-refractivity contribution in [1.29, 1.82) is 0 Å². The van der Waals surface area contributed by atoms with Gasteiger partial charge in [-0.1, -0.05) is 39.8 Å². The first-order valence-corrected chi connectivity index (χ1v) is 7.62. The Morgan fingerprint density at radius 3 is 2.10 bits per heavy atom. The first-order chi connectivity index (χ1) is 9.29. The summed E-state index contributed by atoms with van der Waals surface area (Å²) in [6, 6.07) is 5.08. The maximum absolute atomic E-state index is 5.32. The number of hydrogen-bond acceptors (Lipinski definition) is 2. The molecule has 1 aromatic rings. The highest BCUT2D eigenvalue weighted by Gasteiger charge is 2.18. The highest BCUT2D eigenvalue weighted by molar-refractivity contribution is 5.41. The molecule has 1 N–H and O–H groups in total. The van der Waals surface area contributed by atoms with Crippen molar-refractivity contribution in [3.05, 3.63) is 34.4 Å². The summed E-state index contributed by atoms with van der Waals surface area (Å²) in [5, 5.41) is 3.51. The molecule has 2 heteroatoms. The molecule has 0 radical (unpaired) electrons. The van der Waals surface area contributed by atoms with Gasteiger partial charge in [-0.05, 0) is 54.5 Å². The number of hydrogen-bond donors (Lipinski definition) is 1. The zero-order chi connectivity index (χ0) is 15.3. The van der Waals surface area contributed by atoms with Gasteiger partial charge in [0.05, 0.1) is 6.61 Å². The normalized spacial score (nSPS) is 13.6. The van der Waals surface area contributed by atoms with Gasteiger partial charge in [0.15, 0.2) is 0 Å². The van der Waals surface area contributed by atoms with Crippen LogP contribution < -0.4 is 5.32 Å². The number of likely N-dealkylation sites (N-methyl/N-ethyl adjacent to an activating group) is 1. The Kier molecular flexibility index (Phi) is 6.22. The van der Waals surface area contributed by atoms with E-state index in [-0.39, 0.29) is 5.41 Å². The largest absolute Gasteiger partial charge is 0.383 e. The smallest absolute Gasteiger partial charge is 0.0619 e. The van der Waals surface area contributed by atoms with E-state index >= 15 is 0 Å². The van der Waals surface area contributed by atoms with Gasteiger partial charge < -0.3 is 10.1 Å². The lowest BCUT2D eigenvalue weighted by atomic mass is 9.83. The third-order valence-electron chi connectivity index (χ3n) is 3.87. The van der Waals surface area contributed by atoms with E-state index in [0.717, 1.165) is 19.6 Å². The summed E-state index contributed by atoms with van der Waals surface area (Å²) < 4.78 is 5.32. The molecule has 0 aliphatic carbocycles. The van der Waals surface area contributed by atoms with E-state index in [0.29, 0.717) is 6.04 Å². The van der Waals surface area contributed by atoms with Crippen LogP contribution in [-0.4, -0.2) is 26.3 Å². The lowest BCUT2D eigenvalue weighted by Gasteiger charge is -2.24. The van der Waals surface area contributed by atoms with Crippen LogP contribution in [-0.2, 0) is 16.6 Å². The fraction of sp³-hybridized carbons (Fsp3) is 0.667. The first kappa shape index (κ1) is 17.2. The molecule has 0 aliphatic rings. The number of rotatable bonds is 6. The summed E-state index contributed by atoms with van der Waals surface area (Å²) in [4.78, 5) is 0. The van der Waals surface area contributed by atoms with Gasteiger partial charge in [-0.2, -0.15) is 0 Å². The lowest BCUT2D eigenvalue weighted by Crippen LogP contribution is -2.35. The van der Waals surface area contributed by atoms with Crippen LogP contribution in [0.25, 0.3) is 0 Å². The van der Waals surface area contributed by atoms with E-state index in [1.165, 1.54) is 22.3 Å². The average molecular weight is 277 g/mol. The van der Waals surface area contributed by atoms with Crippen LogP contribution in [0.5, 0.6) is 0 Å². The monoisotopic (exact) mass is 277 g/mol. The maximum atomic E-state index is 5.32. The molecular formula is C18H31NO. The van der Waals surface area contributed by atoms with Gasteiger partial charge in [0.25, 0.3) is 0 Å². The van der Waals surface area contributed by atoms with E-state index < -0.39 is 0 Å². The molecule has 0 heterocycles. The minimum absolute atomic E-state index is 0.210. The van der Waals surface area contributed by atoms with Crippen LogP contribution in [0.3, 0.4) is 0 Å². The lowest BCUT2D eigenvalue weighted by molar-refractivity contribution is 0.167. The molecule has 114 valence electrons. The van der Waals surface area contributed by atoms with Gasteiger partial charge in [-0.15, -0.1) is 0 Å². The summed E-state index contributed by atoms with van der Waals surface area (Å²) in [5.74, 6) is 0. The number of aryl methyl sites for hydroxylation is 2. The molecule has 1 unspecified atom stereocenters. The van der Waals surface area contributed by atoms with E-state index in [9.17, 15) is 0 Å². The Morgan fingerprint density at radius 1 is 1.15 bits per heavy atom. The first-order valence-electron chi connectivity index (χ1n) is 7.62. The van der Waals surface area contributed by atoms with Crippen molar-refractivity contribution in [1.82, 2.24) is 5.32 Å². The van der Waals surface area contributed by atoms with Gasteiger partial charge in [-0.25, -0.2) is 0 Å². The zero-order valence-corrected chi connectivity index (χ0v) is 14.3. The molecule has 0 saturated carbocycles. The van der Waals surface area contributed by atoms with Crippen molar-refractivity contribution < 1.29 is 4.74 Å². The SMILES string of the molecule is CCNC(COC)Cc1c(C)cc(C(C)(C)C)cc1C.